The molecule has 0 amide bonds. The van der Waals surface area contributed by atoms with Gasteiger partial charge in [-0.25, -0.2) is 0 Å². The van der Waals surface area contributed by atoms with Gasteiger partial charge in [-0.3, -0.25) is 0 Å². The summed E-state index contributed by atoms with van der Waals surface area (Å²) in [5.41, 5.74) is 11.5. The number of allylic oxidation sites excluding steroid dienone is 12. The first-order valence-electron chi connectivity index (χ1n) is 14.7. The lowest BCUT2D eigenvalue weighted by molar-refractivity contribution is 1.22. The van der Waals surface area contributed by atoms with Gasteiger partial charge >= 0.3 is 0 Å². The minimum Gasteiger partial charge on any atom is -0.0802 e. The van der Waals surface area contributed by atoms with Gasteiger partial charge in [0.25, 0.3) is 0 Å². The van der Waals surface area contributed by atoms with Crippen LogP contribution in [0.25, 0.3) is 0 Å². The van der Waals surface area contributed by atoms with Gasteiger partial charge in [-0.05, 0) is 85.8 Å². The molecule has 0 atom stereocenters. The summed E-state index contributed by atoms with van der Waals surface area (Å²) >= 11 is 0. The average molecular weight is 509 g/mol. The van der Waals surface area contributed by atoms with Crippen LogP contribution in [0.3, 0.4) is 0 Å². The summed E-state index contributed by atoms with van der Waals surface area (Å²) in [6, 6.07) is 8.36. The van der Waals surface area contributed by atoms with Gasteiger partial charge in [0, 0.05) is 0 Å². The minimum absolute atomic E-state index is 1.15. The monoisotopic (exact) mass is 509 g/mol. The molecule has 37 heavy (non-hydrogen) atoms. The van der Waals surface area contributed by atoms with Gasteiger partial charge in [0.15, 0.2) is 0 Å². The Morgan fingerprint density at radius 1 is 0.459 bits per heavy atom. The minimum atomic E-state index is 1.15. The summed E-state index contributed by atoms with van der Waals surface area (Å²) in [4.78, 5) is 0. The van der Waals surface area contributed by atoms with E-state index in [1.807, 2.05) is 55.4 Å². The zero-order valence-electron chi connectivity index (χ0n) is 27.9. The molecule has 0 radical (unpaired) electrons. The van der Waals surface area contributed by atoms with Crippen LogP contribution >= 0.6 is 0 Å². The molecule has 0 heteroatoms. The van der Waals surface area contributed by atoms with Gasteiger partial charge in [-0.1, -0.05) is 150 Å². The van der Waals surface area contributed by atoms with Gasteiger partial charge in [0.1, 0.15) is 0 Å². The van der Waals surface area contributed by atoms with Crippen molar-refractivity contribution in [1.29, 1.82) is 0 Å². The third kappa shape index (κ3) is 22.6. The maximum absolute atomic E-state index is 2.25. The highest BCUT2D eigenvalue weighted by Gasteiger charge is 1.97. The van der Waals surface area contributed by atoms with E-state index < -0.39 is 0 Å². The standard InChI is InChI=1S/C8H10.3C7H10.4C2H6/c1-7-5-3-4-6-8(7)2;3*1-6-4-3-5-7(6)2;4*1-2/h3-6H,1-2H3;4-5H,3H2,1-2H3;2*3-4H,5H2,1-2H3;4*1-2H3. The first-order chi connectivity index (χ1) is 17.7. The molecule has 212 valence electrons. The van der Waals surface area contributed by atoms with Crippen LogP contribution in [-0.4, -0.2) is 0 Å². The highest BCUT2D eigenvalue weighted by Crippen LogP contribution is 2.17. The third-order valence-electron chi connectivity index (χ3n) is 5.83. The normalized spacial score (nSPS) is 13.5. The molecule has 1 aromatic rings. The lowest BCUT2D eigenvalue weighted by Gasteiger charge is -1.93. The van der Waals surface area contributed by atoms with Crippen LogP contribution in [0.4, 0.5) is 0 Å². The second kappa shape index (κ2) is 29.9. The quantitative estimate of drug-likeness (QED) is 0.327. The van der Waals surface area contributed by atoms with Crippen molar-refractivity contribution >= 4 is 0 Å². The molecule has 3 aliphatic rings. The second-order valence-corrected chi connectivity index (χ2v) is 8.23. The molecular formula is C37H64. The Bertz CT molecular complexity index is 777. The molecule has 0 N–H and O–H groups in total. The molecule has 0 heterocycles. The van der Waals surface area contributed by atoms with Crippen molar-refractivity contribution in [3.8, 4) is 0 Å². The largest absolute Gasteiger partial charge is 0.0802 e. The molecule has 0 saturated carbocycles. The molecule has 0 fully saturated rings. The smallest absolute Gasteiger partial charge is 0.0133 e. The highest BCUT2D eigenvalue weighted by molar-refractivity contribution is 5.33. The van der Waals surface area contributed by atoms with Crippen LogP contribution in [0.1, 0.15) is 127 Å². The fourth-order valence-corrected chi connectivity index (χ4v) is 2.83. The van der Waals surface area contributed by atoms with E-state index in [1.54, 1.807) is 0 Å². The molecule has 0 spiro atoms. The van der Waals surface area contributed by atoms with Crippen molar-refractivity contribution in [2.75, 3.05) is 0 Å². The first kappa shape index (κ1) is 41.8. The Hall–Kier alpha value is -2.34. The first-order valence-corrected chi connectivity index (χ1v) is 14.7. The van der Waals surface area contributed by atoms with Crippen molar-refractivity contribution < 1.29 is 0 Å². The number of hydrogen-bond donors (Lipinski definition) is 0. The highest BCUT2D eigenvalue weighted by atomic mass is 14.0. The molecule has 4 rings (SSSR count). The number of aryl methyl sites for hydroxylation is 2. The Balaban J connectivity index is -0.000000180. The molecule has 0 bridgehead atoms. The Morgan fingerprint density at radius 2 is 0.757 bits per heavy atom. The molecule has 0 unspecified atom stereocenters. The Morgan fingerprint density at radius 3 is 0.865 bits per heavy atom. The number of benzene rings is 1. The van der Waals surface area contributed by atoms with Crippen molar-refractivity contribution in [2.24, 2.45) is 0 Å². The molecular weight excluding hydrogens is 444 g/mol. The summed E-state index contributed by atoms with van der Waals surface area (Å²) < 4.78 is 0. The Kier molecular flexibility index (Phi) is 33.7. The van der Waals surface area contributed by atoms with E-state index in [1.165, 1.54) is 57.4 Å². The van der Waals surface area contributed by atoms with Crippen molar-refractivity contribution in [2.45, 2.75) is 130 Å². The summed E-state index contributed by atoms with van der Waals surface area (Å²) in [5, 5.41) is 0. The second-order valence-electron chi connectivity index (χ2n) is 8.23. The number of rotatable bonds is 0. The van der Waals surface area contributed by atoms with E-state index in [0.29, 0.717) is 0 Å². The fourth-order valence-electron chi connectivity index (χ4n) is 2.83. The van der Waals surface area contributed by atoms with Crippen molar-refractivity contribution in [3.05, 3.63) is 105 Å². The van der Waals surface area contributed by atoms with E-state index in [2.05, 4.69) is 116 Å². The SMILES string of the molecule is CC.CC.CC.CC.CC1=C(C)CC=C1.CC1=C(C)CC=C1.CC1=CCC=C1C.Cc1ccccc1C. The van der Waals surface area contributed by atoms with Crippen LogP contribution in [0.5, 0.6) is 0 Å². The van der Waals surface area contributed by atoms with Gasteiger partial charge < -0.3 is 0 Å². The predicted molar refractivity (Wildman–Crippen MR) is 178 cm³/mol. The molecule has 0 aliphatic heterocycles. The molecule has 3 aliphatic carbocycles. The topological polar surface area (TPSA) is 0 Å². The maximum Gasteiger partial charge on any atom is -0.0133 e. The van der Waals surface area contributed by atoms with Crippen LogP contribution in [0, 0.1) is 13.8 Å². The van der Waals surface area contributed by atoms with Crippen LogP contribution in [0.2, 0.25) is 0 Å². The number of hydrogen-bond acceptors (Lipinski definition) is 0. The maximum atomic E-state index is 2.25. The van der Waals surface area contributed by atoms with E-state index in [0.717, 1.165) is 6.42 Å². The van der Waals surface area contributed by atoms with E-state index >= 15 is 0 Å². The summed E-state index contributed by atoms with van der Waals surface area (Å²) in [7, 11) is 0. The van der Waals surface area contributed by atoms with Gasteiger partial charge in [-0.15, -0.1) is 0 Å². The van der Waals surface area contributed by atoms with Crippen LogP contribution in [0.15, 0.2) is 94.2 Å². The summed E-state index contributed by atoms with van der Waals surface area (Å²) in [6.45, 7) is 33.2. The van der Waals surface area contributed by atoms with E-state index in [4.69, 9.17) is 0 Å². The van der Waals surface area contributed by atoms with Crippen molar-refractivity contribution in [3.63, 3.8) is 0 Å². The fraction of sp³-hybridized carbons (Fsp3) is 0.514. The Labute approximate surface area is 235 Å². The molecule has 0 nitrogen and oxygen atoms in total. The van der Waals surface area contributed by atoms with Crippen LogP contribution in [-0.2, 0) is 0 Å². The molecule has 1 aromatic carbocycles. The summed E-state index contributed by atoms with van der Waals surface area (Å²) in [6.07, 6.45) is 16.7. The van der Waals surface area contributed by atoms with Crippen molar-refractivity contribution in [1.82, 2.24) is 0 Å². The molecule has 0 saturated heterocycles. The van der Waals surface area contributed by atoms with Gasteiger partial charge in [0.05, 0.1) is 0 Å². The van der Waals surface area contributed by atoms with Gasteiger partial charge in [-0.2, -0.15) is 0 Å². The predicted octanol–water partition coefficient (Wildman–Crippen LogP) is 13.3. The van der Waals surface area contributed by atoms with Gasteiger partial charge in [0.2, 0.25) is 0 Å². The zero-order chi connectivity index (χ0) is 29.8. The lowest BCUT2D eigenvalue weighted by atomic mass is 10.1. The lowest BCUT2D eigenvalue weighted by Crippen LogP contribution is -1.74. The van der Waals surface area contributed by atoms with E-state index in [9.17, 15) is 0 Å². The molecule has 0 aromatic heterocycles. The summed E-state index contributed by atoms with van der Waals surface area (Å²) in [5.74, 6) is 0. The van der Waals surface area contributed by atoms with Crippen LogP contribution < -0.4 is 0 Å². The van der Waals surface area contributed by atoms with E-state index in [-0.39, 0.29) is 0 Å². The zero-order valence-corrected chi connectivity index (χ0v) is 27.9. The average Bonchev–Trinajstić information content (AvgIpc) is 3.63. The third-order valence-corrected chi connectivity index (χ3v) is 5.83.